The number of nitrogens with one attached hydrogen (secondary N) is 2. The second kappa shape index (κ2) is 6.57. The van der Waals surface area contributed by atoms with E-state index in [4.69, 9.17) is 0 Å². The van der Waals surface area contributed by atoms with Gasteiger partial charge in [0.15, 0.2) is 0 Å². The van der Waals surface area contributed by atoms with Gasteiger partial charge < -0.3 is 10.6 Å². The molecule has 0 aliphatic rings. The predicted octanol–water partition coefficient (Wildman–Crippen LogP) is 3.46. The van der Waals surface area contributed by atoms with E-state index in [1.54, 1.807) is 6.33 Å². The fraction of sp³-hybridized carbons (Fsp3) is 0.714. The van der Waals surface area contributed by atoms with Gasteiger partial charge in [-0.3, -0.25) is 0 Å². The summed E-state index contributed by atoms with van der Waals surface area (Å²) < 4.78 is 0. The van der Waals surface area contributed by atoms with Gasteiger partial charge in [-0.15, -0.1) is 0 Å². The molecular weight excluding hydrogens is 224 g/mol. The Bertz CT molecular complexity index is 369. The van der Waals surface area contributed by atoms with Crippen molar-refractivity contribution < 1.29 is 0 Å². The Balaban J connectivity index is 3.00. The highest BCUT2D eigenvalue weighted by Gasteiger charge is 2.16. The van der Waals surface area contributed by atoms with Crippen LogP contribution >= 0.6 is 0 Å². The summed E-state index contributed by atoms with van der Waals surface area (Å²) >= 11 is 0. The van der Waals surface area contributed by atoms with E-state index in [-0.39, 0.29) is 5.54 Å². The standard InChI is InChI=1S/C14H26N4/c1-6-8-11-12(15-9-7-2)16-10-17-13(11)18-14(3,4)5/h10H,6-9H2,1-5H3,(H2,15,16,17,18). The maximum atomic E-state index is 4.39. The molecule has 0 aliphatic carbocycles. The number of aromatic nitrogens is 2. The van der Waals surface area contributed by atoms with Crippen molar-refractivity contribution in [2.45, 2.75) is 59.4 Å². The van der Waals surface area contributed by atoms with Gasteiger partial charge in [-0.25, -0.2) is 9.97 Å². The second-order valence-electron chi connectivity index (χ2n) is 5.60. The molecule has 4 nitrogen and oxygen atoms in total. The minimum absolute atomic E-state index is 0.0128. The summed E-state index contributed by atoms with van der Waals surface area (Å²) in [5.41, 5.74) is 1.21. The van der Waals surface area contributed by atoms with Crippen LogP contribution in [0.1, 0.15) is 53.0 Å². The molecule has 1 aromatic rings. The van der Waals surface area contributed by atoms with Crippen LogP contribution < -0.4 is 10.6 Å². The van der Waals surface area contributed by atoms with Gasteiger partial charge >= 0.3 is 0 Å². The molecule has 0 bridgehead atoms. The maximum absolute atomic E-state index is 4.39. The average molecular weight is 250 g/mol. The minimum Gasteiger partial charge on any atom is -0.370 e. The van der Waals surface area contributed by atoms with Crippen LogP contribution in [0.25, 0.3) is 0 Å². The summed E-state index contributed by atoms with van der Waals surface area (Å²) in [4.78, 5) is 8.75. The molecule has 0 unspecified atom stereocenters. The molecule has 1 rings (SSSR count). The molecule has 0 atom stereocenters. The van der Waals surface area contributed by atoms with Crippen molar-refractivity contribution in [1.82, 2.24) is 9.97 Å². The maximum Gasteiger partial charge on any atom is 0.135 e. The van der Waals surface area contributed by atoms with Crippen molar-refractivity contribution >= 4 is 11.6 Å². The number of anilines is 2. The highest BCUT2D eigenvalue weighted by Crippen LogP contribution is 2.24. The summed E-state index contributed by atoms with van der Waals surface area (Å²) in [6.07, 6.45) is 4.81. The summed E-state index contributed by atoms with van der Waals surface area (Å²) in [7, 11) is 0. The Morgan fingerprint density at radius 1 is 1.06 bits per heavy atom. The van der Waals surface area contributed by atoms with Crippen LogP contribution in [0.3, 0.4) is 0 Å². The van der Waals surface area contributed by atoms with Gasteiger partial charge in [0.25, 0.3) is 0 Å². The van der Waals surface area contributed by atoms with E-state index in [2.05, 4.69) is 55.2 Å². The first kappa shape index (κ1) is 14.7. The predicted molar refractivity (Wildman–Crippen MR) is 78.2 cm³/mol. The first-order valence-electron chi connectivity index (χ1n) is 6.83. The smallest absolute Gasteiger partial charge is 0.135 e. The fourth-order valence-electron chi connectivity index (χ4n) is 1.76. The van der Waals surface area contributed by atoms with Gasteiger partial charge in [-0.05, 0) is 33.6 Å². The molecule has 4 heteroatoms. The van der Waals surface area contributed by atoms with Crippen LogP contribution in [0.5, 0.6) is 0 Å². The van der Waals surface area contributed by atoms with E-state index < -0.39 is 0 Å². The topological polar surface area (TPSA) is 49.8 Å². The molecule has 0 spiro atoms. The molecule has 102 valence electrons. The van der Waals surface area contributed by atoms with Gasteiger partial charge in [0.1, 0.15) is 18.0 Å². The van der Waals surface area contributed by atoms with Gasteiger partial charge in [0, 0.05) is 17.6 Å². The lowest BCUT2D eigenvalue weighted by atomic mass is 10.1. The molecule has 0 fully saturated rings. The van der Waals surface area contributed by atoms with Crippen LogP contribution in [0.2, 0.25) is 0 Å². The third kappa shape index (κ3) is 4.51. The lowest BCUT2D eigenvalue weighted by Gasteiger charge is -2.24. The largest absolute Gasteiger partial charge is 0.370 e. The SMILES string of the molecule is CCCNc1ncnc(NC(C)(C)C)c1CCC. The Kier molecular flexibility index (Phi) is 5.38. The third-order valence-electron chi connectivity index (χ3n) is 2.48. The lowest BCUT2D eigenvalue weighted by molar-refractivity contribution is 0.628. The van der Waals surface area contributed by atoms with E-state index in [0.717, 1.165) is 37.4 Å². The molecule has 1 aromatic heterocycles. The number of nitrogens with zero attached hydrogens (tertiary/aromatic N) is 2. The van der Waals surface area contributed by atoms with Crippen molar-refractivity contribution in [2.24, 2.45) is 0 Å². The van der Waals surface area contributed by atoms with E-state index in [1.807, 2.05) is 0 Å². The van der Waals surface area contributed by atoms with Crippen molar-refractivity contribution in [3.63, 3.8) is 0 Å². The molecule has 0 amide bonds. The minimum atomic E-state index is 0.0128. The molecule has 0 saturated carbocycles. The molecule has 0 aromatic carbocycles. The van der Waals surface area contributed by atoms with Crippen LogP contribution in [0, 0.1) is 0 Å². The Morgan fingerprint density at radius 3 is 2.28 bits per heavy atom. The number of hydrogen-bond acceptors (Lipinski definition) is 4. The second-order valence-corrected chi connectivity index (χ2v) is 5.60. The highest BCUT2D eigenvalue weighted by molar-refractivity contribution is 5.58. The summed E-state index contributed by atoms with van der Waals surface area (Å²) in [5, 5.41) is 6.84. The van der Waals surface area contributed by atoms with Crippen molar-refractivity contribution in [3.8, 4) is 0 Å². The van der Waals surface area contributed by atoms with Crippen LogP contribution in [0.4, 0.5) is 11.6 Å². The first-order chi connectivity index (χ1) is 8.48. The van der Waals surface area contributed by atoms with Crippen molar-refractivity contribution in [2.75, 3.05) is 17.2 Å². The fourth-order valence-corrected chi connectivity index (χ4v) is 1.76. The van der Waals surface area contributed by atoms with E-state index in [1.165, 1.54) is 5.56 Å². The zero-order chi connectivity index (χ0) is 13.6. The van der Waals surface area contributed by atoms with Crippen molar-refractivity contribution in [1.29, 1.82) is 0 Å². The normalized spacial score (nSPS) is 11.4. The quantitative estimate of drug-likeness (QED) is 0.811. The molecule has 0 radical (unpaired) electrons. The number of hydrogen-bond donors (Lipinski definition) is 2. The highest BCUT2D eigenvalue weighted by atomic mass is 15.1. The van der Waals surface area contributed by atoms with E-state index >= 15 is 0 Å². The van der Waals surface area contributed by atoms with Gasteiger partial charge in [-0.2, -0.15) is 0 Å². The Labute approximate surface area is 111 Å². The zero-order valence-corrected chi connectivity index (χ0v) is 12.3. The zero-order valence-electron chi connectivity index (χ0n) is 12.3. The lowest BCUT2D eigenvalue weighted by Crippen LogP contribution is -2.28. The Morgan fingerprint density at radius 2 is 1.72 bits per heavy atom. The summed E-state index contributed by atoms with van der Waals surface area (Å²) in [6.45, 7) is 11.7. The summed E-state index contributed by atoms with van der Waals surface area (Å²) in [6, 6.07) is 0. The van der Waals surface area contributed by atoms with E-state index in [9.17, 15) is 0 Å². The Hall–Kier alpha value is -1.32. The molecule has 0 aliphatic heterocycles. The average Bonchev–Trinajstić information content (AvgIpc) is 2.28. The number of rotatable bonds is 6. The van der Waals surface area contributed by atoms with Crippen LogP contribution in [0.15, 0.2) is 6.33 Å². The van der Waals surface area contributed by atoms with E-state index in [0.29, 0.717) is 0 Å². The van der Waals surface area contributed by atoms with Crippen molar-refractivity contribution in [3.05, 3.63) is 11.9 Å². The van der Waals surface area contributed by atoms with Gasteiger partial charge in [0.05, 0.1) is 0 Å². The van der Waals surface area contributed by atoms with Crippen LogP contribution in [-0.4, -0.2) is 22.1 Å². The summed E-state index contributed by atoms with van der Waals surface area (Å²) in [5.74, 6) is 1.93. The van der Waals surface area contributed by atoms with Crippen LogP contribution in [-0.2, 0) is 6.42 Å². The first-order valence-corrected chi connectivity index (χ1v) is 6.83. The van der Waals surface area contributed by atoms with Gasteiger partial charge in [-0.1, -0.05) is 20.3 Å². The monoisotopic (exact) mass is 250 g/mol. The molecular formula is C14H26N4. The van der Waals surface area contributed by atoms with Gasteiger partial charge in [0.2, 0.25) is 0 Å². The molecule has 18 heavy (non-hydrogen) atoms. The molecule has 1 heterocycles. The molecule has 2 N–H and O–H groups in total. The molecule has 0 saturated heterocycles. The third-order valence-corrected chi connectivity index (χ3v) is 2.48.